The zero-order chi connectivity index (χ0) is 16.7. The highest BCUT2D eigenvalue weighted by atomic mass is 16.3. The maximum Gasteiger partial charge on any atom is 0.331 e. The predicted molar refractivity (Wildman–Crippen MR) is 90.1 cm³/mol. The van der Waals surface area contributed by atoms with Crippen molar-refractivity contribution >= 4 is 6.21 Å². The van der Waals surface area contributed by atoms with Crippen LogP contribution in [0.1, 0.15) is 57.4 Å². The van der Waals surface area contributed by atoms with Crippen molar-refractivity contribution < 1.29 is 5.11 Å². The highest BCUT2D eigenvalue weighted by Crippen LogP contribution is 2.12. The van der Waals surface area contributed by atoms with Gasteiger partial charge in [0.2, 0.25) is 5.88 Å². The van der Waals surface area contributed by atoms with Crippen LogP contribution in [0.5, 0.6) is 5.88 Å². The number of piperidine rings is 1. The Morgan fingerprint density at radius 1 is 1.17 bits per heavy atom. The quantitative estimate of drug-likeness (QED) is 0.590. The molecular formula is C16H26N4O3. The number of nitrogens with zero attached hydrogens (tertiary/aromatic N) is 3. The number of rotatable bonds is 7. The minimum absolute atomic E-state index is 0.0469. The fraction of sp³-hybridized carbons (Fsp3) is 0.688. The van der Waals surface area contributed by atoms with E-state index in [0.717, 1.165) is 51.6 Å². The van der Waals surface area contributed by atoms with Crippen LogP contribution in [0.4, 0.5) is 0 Å². The number of hydrogen-bond donors (Lipinski definition) is 2. The van der Waals surface area contributed by atoms with Crippen LogP contribution in [0.3, 0.4) is 0 Å². The summed E-state index contributed by atoms with van der Waals surface area (Å²) in [6.45, 7) is 4.21. The molecule has 0 spiro atoms. The smallest absolute Gasteiger partial charge is 0.331 e. The SMILES string of the molecule is CCCCCCn1c(O)c(C=NN2CCCCC2)c(=O)[nH]c1=O. The third-order valence-electron chi connectivity index (χ3n) is 4.12. The first-order valence-corrected chi connectivity index (χ1v) is 8.48. The third kappa shape index (κ3) is 4.71. The molecule has 23 heavy (non-hydrogen) atoms. The number of nitrogens with one attached hydrogen (secondary N) is 1. The van der Waals surface area contributed by atoms with Gasteiger partial charge in [0.15, 0.2) is 0 Å². The minimum Gasteiger partial charge on any atom is -0.494 e. The summed E-state index contributed by atoms with van der Waals surface area (Å²) < 4.78 is 1.22. The molecule has 1 fully saturated rings. The molecule has 0 atom stereocenters. The molecule has 0 unspecified atom stereocenters. The van der Waals surface area contributed by atoms with Gasteiger partial charge in [-0.15, -0.1) is 0 Å². The van der Waals surface area contributed by atoms with E-state index in [2.05, 4.69) is 17.0 Å². The average molecular weight is 322 g/mol. The lowest BCUT2D eigenvalue weighted by Gasteiger charge is -2.23. The highest BCUT2D eigenvalue weighted by Gasteiger charge is 2.13. The van der Waals surface area contributed by atoms with E-state index in [1.54, 1.807) is 0 Å². The highest BCUT2D eigenvalue weighted by molar-refractivity contribution is 5.81. The van der Waals surface area contributed by atoms with Gasteiger partial charge >= 0.3 is 5.69 Å². The van der Waals surface area contributed by atoms with Gasteiger partial charge in [-0.3, -0.25) is 19.4 Å². The average Bonchev–Trinajstić information content (AvgIpc) is 2.54. The summed E-state index contributed by atoms with van der Waals surface area (Å²) >= 11 is 0. The molecule has 1 saturated heterocycles. The van der Waals surface area contributed by atoms with Crippen LogP contribution < -0.4 is 11.2 Å². The van der Waals surface area contributed by atoms with Gasteiger partial charge in [0.1, 0.15) is 5.56 Å². The Morgan fingerprint density at radius 3 is 2.61 bits per heavy atom. The molecule has 1 aliphatic heterocycles. The van der Waals surface area contributed by atoms with E-state index in [0.29, 0.717) is 6.54 Å². The summed E-state index contributed by atoms with van der Waals surface area (Å²) in [7, 11) is 0. The fourth-order valence-corrected chi connectivity index (χ4v) is 2.73. The Balaban J connectivity index is 2.16. The first-order chi connectivity index (χ1) is 11.1. The molecule has 2 rings (SSSR count). The number of hydrazone groups is 1. The normalized spacial score (nSPS) is 15.4. The topological polar surface area (TPSA) is 90.7 Å². The molecule has 0 aliphatic carbocycles. The zero-order valence-electron chi connectivity index (χ0n) is 13.8. The van der Waals surface area contributed by atoms with E-state index in [1.165, 1.54) is 17.2 Å². The Hall–Kier alpha value is -2.05. The lowest BCUT2D eigenvalue weighted by molar-refractivity contribution is 0.240. The molecule has 0 amide bonds. The van der Waals surface area contributed by atoms with Crippen molar-refractivity contribution in [1.29, 1.82) is 0 Å². The molecule has 7 heteroatoms. The molecule has 0 aromatic carbocycles. The Morgan fingerprint density at radius 2 is 1.91 bits per heavy atom. The van der Waals surface area contributed by atoms with E-state index in [9.17, 15) is 14.7 Å². The summed E-state index contributed by atoms with van der Waals surface area (Å²) in [5.41, 5.74) is -1.12. The molecule has 7 nitrogen and oxygen atoms in total. The number of aromatic amines is 1. The molecule has 0 saturated carbocycles. The van der Waals surface area contributed by atoms with Gasteiger partial charge in [-0.2, -0.15) is 5.10 Å². The second-order valence-corrected chi connectivity index (χ2v) is 5.97. The van der Waals surface area contributed by atoms with Crippen molar-refractivity contribution in [3.8, 4) is 5.88 Å². The molecule has 1 aromatic heterocycles. The third-order valence-corrected chi connectivity index (χ3v) is 4.12. The lowest BCUT2D eigenvalue weighted by atomic mass is 10.2. The van der Waals surface area contributed by atoms with Gasteiger partial charge in [-0.05, 0) is 25.7 Å². The van der Waals surface area contributed by atoms with E-state index in [-0.39, 0.29) is 11.4 Å². The summed E-state index contributed by atoms with van der Waals surface area (Å²) in [5, 5.41) is 16.4. The monoisotopic (exact) mass is 322 g/mol. The van der Waals surface area contributed by atoms with Gasteiger partial charge in [0.05, 0.1) is 6.21 Å². The number of aromatic hydroxyl groups is 1. The number of H-pyrrole nitrogens is 1. The van der Waals surface area contributed by atoms with Crippen molar-refractivity contribution in [3.05, 3.63) is 26.4 Å². The molecule has 128 valence electrons. The standard InChI is InChI=1S/C16H26N4O3/c1-2-3-4-8-11-20-15(22)13(14(21)18-16(20)23)12-17-19-9-6-5-7-10-19/h12,22H,2-11H2,1H3,(H,18,21,23). The van der Waals surface area contributed by atoms with Crippen LogP contribution in [0.25, 0.3) is 0 Å². The number of aromatic nitrogens is 2. The molecule has 2 N–H and O–H groups in total. The van der Waals surface area contributed by atoms with E-state index >= 15 is 0 Å². The Bertz CT molecular complexity index is 642. The van der Waals surface area contributed by atoms with E-state index in [4.69, 9.17) is 0 Å². The van der Waals surface area contributed by atoms with Gasteiger partial charge in [-0.1, -0.05) is 26.2 Å². The largest absolute Gasteiger partial charge is 0.494 e. The van der Waals surface area contributed by atoms with Crippen LogP contribution in [-0.2, 0) is 6.54 Å². The number of hydrogen-bond acceptors (Lipinski definition) is 5. The Labute approximate surface area is 135 Å². The maximum atomic E-state index is 11.9. The van der Waals surface area contributed by atoms with Crippen LogP contribution in [0.2, 0.25) is 0 Å². The summed E-state index contributed by atoms with van der Waals surface area (Å²) in [6, 6.07) is 0. The van der Waals surface area contributed by atoms with Crippen LogP contribution in [-0.4, -0.2) is 39.0 Å². The first-order valence-electron chi connectivity index (χ1n) is 8.48. The van der Waals surface area contributed by atoms with Crippen molar-refractivity contribution in [2.24, 2.45) is 5.10 Å². The van der Waals surface area contributed by atoms with Gasteiger partial charge in [0, 0.05) is 19.6 Å². The van der Waals surface area contributed by atoms with E-state index < -0.39 is 11.2 Å². The second-order valence-electron chi connectivity index (χ2n) is 5.97. The number of unbranched alkanes of at least 4 members (excludes halogenated alkanes) is 3. The fourth-order valence-electron chi connectivity index (χ4n) is 2.73. The molecule has 0 radical (unpaired) electrons. The van der Waals surface area contributed by atoms with Gasteiger partial charge in [-0.25, -0.2) is 4.79 Å². The maximum absolute atomic E-state index is 11.9. The van der Waals surface area contributed by atoms with Crippen LogP contribution in [0.15, 0.2) is 14.7 Å². The molecule has 1 aliphatic rings. The van der Waals surface area contributed by atoms with Gasteiger partial charge in [0.25, 0.3) is 5.56 Å². The predicted octanol–water partition coefficient (Wildman–Crippen LogP) is 1.64. The molecule has 2 heterocycles. The van der Waals surface area contributed by atoms with Crippen molar-refractivity contribution in [2.75, 3.05) is 13.1 Å². The van der Waals surface area contributed by atoms with Crippen LogP contribution >= 0.6 is 0 Å². The first kappa shape index (κ1) is 17.3. The van der Waals surface area contributed by atoms with Crippen molar-refractivity contribution in [3.63, 3.8) is 0 Å². The zero-order valence-corrected chi connectivity index (χ0v) is 13.8. The molecule has 0 bridgehead atoms. The van der Waals surface area contributed by atoms with Crippen LogP contribution in [0, 0.1) is 0 Å². The summed E-state index contributed by atoms with van der Waals surface area (Å²) in [5.74, 6) is -0.295. The minimum atomic E-state index is -0.599. The molecule has 1 aromatic rings. The van der Waals surface area contributed by atoms with E-state index in [1.807, 2.05) is 5.01 Å². The molecular weight excluding hydrogens is 296 g/mol. The summed E-state index contributed by atoms with van der Waals surface area (Å²) in [6.07, 6.45) is 8.67. The van der Waals surface area contributed by atoms with Crippen molar-refractivity contribution in [1.82, 2.24) is 14.6 Å². The lowest BCUT2D eigenvalue weighted by Crippen LogP contribution is -2.33. The Kier molecular flexibility index (Phi) is 6.43. The second kappa shape index (κ2) is 8.55. The summed E-state index contributed by atoms with van der Waals surface area (Å²) in [4.78, 5) is 26.1. The van der Waals surface area contributed by atoms with Crippen molar-refractivity contribution in [2.45, 2.75) is 58.4 Å². The van der Waals surface area contributed by atoms with Gasteiger partial charge < -0.3 is 5.11 Å².